The number of piperazine rings is 1. The molecule has 28 heavy (non-hydrogen) atoms. The van der Waals surface area contributed by atoms with Crippen LogP contribution in [0, 0.1) is 0 Å². The van der Waals surface area contributed by atoms with Crippen LogP contribution in [0.25, 0.3) is 0 Å². The SMILES string of the molecule is COc1cc(OCC(=O)O)ccc1C(=O)CN1CCN(c2ccncc2)CC1. The Balaban J connectivity index is 1.58. The highest BCUT2D eigenvalue weighted by atomic mass is 16.5. The number of carbonyl (C=O) groups is 2. The maximum Gasteiger partial charge on any atom is 0.341 e. The van der Waals surface area contributed by atoms with Gasteiger partial charge in [-0.15, -0.1) is 0 Å². The molecule has 8 heteroatoms. The topological polar surface area (TPSA) is 92.2 Å². The third-order valence-electron chi connectivity index (χ3n) is 4.60. The molecule has 0 atom stereocenters. The highest BCUT2D eigenvalue weighted by Gasteiger charge is 2.21. The molecule has 3 rings (SSSR count). The minimum Gasteiger partial charge on any atom is -0.496 e. The first-order valence-corrected chi connectivity index (χ1v) is 9.00. The zero-order chi connectivity index (χ0) is 19.9. The number of ether oxygens (including phenoxy) is 2. The largest absolute Gasteiger partial charge is 0.496 e. The third-order valence-corrected chi connectivity index (χ3v) is 4.60. The number of carboxylic acid groups (broad SMARTS) is 1. The lowest BCUT2D eigenvalue weighted by Gasteiger charge is -2.35. The lowest BCUT2D eigenvalue weighted by molar-refractivity contribution is -0.139. The van der Waals surface area contributed by atoms with Crippen LogP contribution < -0.4 is 14.4 Å². The van der Waals surface area contributed by atoms with Crippen molar-refractivity contribution in [2.24, 2.45) is 0 Å². The van der Waals surface area contributed by atoms with Gasteiger partial charge in [-0.2, -0.15) is 0 Å². The Morgan fingerprint density at radius 1 is 1.11 bits per heavy atom. The van der Waals surface area contributed by atoms with E-state index in [1.807, 2.05) is 12.1 Å². The van der Waals surface area contributed by atoms with Gasteiger partial charge in [0.05, 0.1) is 19.2 Å². The normalized spacial score (nSPS) is 14.5. The number of aliphatic carboxylic acids is 1. The number of hydrogen-bond acceptors (Lipinski definition) is 7. The van der Waals surface area contributed by atoms with E-state index in [1.54, 1.807) is 24.5 Å². The highest BCUT2D eigenvalue weighted by molar-refractivity contribution is 6.00. The standard InChI is InChI=1S/C20H23N3O5/c1-27-19-12-16(28-14-20(25)26)2-3-17(19)18(24)13-22-8-10-23(11-9-22)15-4-6-21-7-5-15/h2-7,12H,8-11,13-14H2,1H3,(H,25,26). The average molecular weight is 385 g/mol. The number of Topliss-reactive ketones (excluding diaryl/α,β-unsaturated/α-hetero) is 1. The molecule has 2 heterocycles. The molecule has 0 radical (unpaired) electrons. The van der Waals surface area contributed by atoms with Gasteiger partial charge in [0.15, 0.2) is 12.4 Å². The number of rotatable bonds is 8. The van der Waals surface area contributed by atoms with Crippen LogP contribution in [0.1, 0.15) is 10.4 Å². The Labute approximate surface area is 163 Å². The van der Waals surface area contributed by atoms with Crippen LogP contribution in [-0.2, 0) is 4.79 Å². The predicted molar refractivity (Wildman–Crippen MR) is 103 cm³/mol. The molecular weight excluding hydrogens is 362 g/mol. The van der Waals surface area contributed by atoms with Crippen molar-refractivity contribution in [3.63, 3.8) is 0 Å². The van der Waals surface area contributed by atoms with Gasteiger partial charge in [0.25, 0.3) is 0 Å². The molecule has 1 fully saturated rings. The van der Waals surface area contributed by atoms with Gasteiger partial charge in [0.1, 0.15) is 11.5 Å². The first-order valence-electron chi connectivity index (χ1n) is 9.00. The fraction of sp³-hybridized carbons (Fsp3) is 0.350. The Hall–Kier alpha value is -3.13. The Bertz CT molecular complexity index is 820. The fourth-order valence-corrected chi connectivity index (χ4v) is 3.14. The molecule has 8 nitrogen and oxygen atoms in total. The lowest BCUT2D eigenvalue weighted by atomic mass is 10.1. The van der Waals surface area contributed by atoms with Crippen molar-refractivity contribution in [2.75, 3.05) is 51.3 Å². The molecule has 0 unspecified atom stereocenters. The maximum atomic E-state index is 12.7. The van der Waals surface area contributed by atoms with E-state index in [0.717, 1.165) is 31.9 Å². The van der Waals surface area contributed by atoms with Gasteiger partial charge >= 0.3 is 5.97 Å². The summed E-state index contributed by atoms with van der Waals surface area (Å²) in [5.41, 5.74) is 1.60. The molecule has 2 aromatic rings. The smallest absolute Gasteiger partial charge is 0.341 e. The molecule has 0 bridgehead atoms. The van der Waals surface area contributed by atoms with Crippen molar-refractivity contribution < 1.29 is 24.2 Å². The average Bonchev–Trinajstić information content (AvgIpc) is 2.73. The van der Waals surface area contributed by atoms with Gasteiger partial charge in [-0.25, -0.2) is 4.79 Å². The summed E-state index contributed by atoms with van der Waals surface area (Å²) >= 11 is 0. The lowest BCUT2D eigenvalue weighted by Crippen LogP contribution is -2.48. The van der Waals surface area contributed by atoms with E-state index in [4.69, 9.17) is 14.6 Å². The summed E-state index contributed by atoms with van der Waals surface area (Å²) in [5, 5.41) is 8.70. The van der Waals surface area contributed by atoms with Crippen LogP contribution in [-0.4, -0.2) is 73.2 Å². The molecule has 1 aromatic carbocycles. The number of methoxy groups -OCH3 is 1. The van der Waals surface area contributed by atoms with Gasteiger partial charge in [-0.3, -0.25) is 14.7 Å². The van der Waals surface area contributed by atoms with Crippen molar-refractivity contribution in [3.8, 4) is 11.5 Å². The number of pyridine rings is 1. The van der Waals surface area contributed by atoms with E-state index in [1.165, 1.54) is 13.2 Å². The molecule has 1 aromatic heterocycles. The molecule has 0 amide bonds. The summed E-state index contributed by atoms with van der Waals surface area (Å²) < 4.78 is 10.4. The van der Waals surface area contributed by atoms with Gasteiger partial charge in [0, 0.05) is 50.3 Å². The van der Waals surface area contributed by atoms with Crippen molar-refractivity contribution >= 4 is 17.4 Å². The zero-order valence-electron chi connectivity index (χ0n) is 15.7. The summed E-state index contributed by atoms with van der Waals surface area (Å²) in [6.45, 7) is 3.12. The number of nitrogens with zero attached hydrogens (tertiary/aromatic N) is 3. The monoisotopic (exact) mass is 385 g/mol. The minimum absolute atomic E-state index is 0.0426. The third kappa shape index (κ3) is 4.98. The second-order valence-electron chi connectivity index (χ2n) is 6.44. The second kappa shape index (κ2) is 9.18. The van der Waals surface area contributed by atoms with Crippen LogP contribution in [0.3, 0.4) is 0 Å². The van der Waals surface area contributed by atoms with E-state index in [0.29, 0.717) is 23.6 Å². The summed E-state index contributed by atoms with van der Waals surface area (Å²) in [6.07, 6.45) is 3.56. The number of carbonyl (C=O) groups excluding carboxylic acids is 1. The summed E-state index contributed by atoms with van der Waals surface area (Å²) in [4.78, 5) is 31.8. The number of hydrogen-bond donors (Lipinski definition) is 1. The number of ketones is 1. The second-order valence-corrected chi connectivity index (χ2v) is 6.44. The number of carboxylic acids is 1. The number of benzene rings is 1. The van der Waals surface area contributed by atoms with E-state index in [-0.39, 0.29) is 5.78 Å². The summed E-state index contributed by atoms with van der Waals surface area (Å²) in [5.74, 6) is -0.380. The highest BCUT2D eigenvalue weighted by Crippen LogP contribution is 2.25. The molecule has 1 aliphatic rings. The summed E-state index contributed by atoms with van der Waals surface area (Å²) in [7, 11) is 1.47. The molecule has 148 valence electrons. The molecular formula is C20H23N3O5. The van der Waals surface area contributed by atoms with Crippen LogP contribution in [0.4, 0.5) is 5.69 Å². The molecule has 0 saturated carbocycles. The molecule has 1 N–H and O–H groups in total. The van der Waals surface area contributed by atoms with Crippen molar-refractivity contribution in [2.45, 2.75) is 0 Å². The fourth-order valence-electron chi connectivity index (χ4n) is 3.14. The van der Waals surface area contributed by atoms with E-state index >= 15 is 0 Å². The number of anilines is 1. The molecule has 1 saturated heterocycles. The Morgan fingerprint density at radius 2 is 1.82 bits per heavy atom. The first-order chi connectivity index (χ1) is 13.6. The van der Waals surface area contributed by atoms with Gasteiger partial charge < -0.3 is 19.5 Å². The van der Waals surface area contributed by atoms with Crippen molar-refractivity contribution in [1.29, 1.82) is 0 Å². The molecule has 1 aliphatic heterocycles. The van der Waals surface area contributed by atoms with Crippen LogP contribution in [0.15, 0.2) is 42.7 Å². The zero-order valence-corrected chi connectivity index (χ0v) is 15.7. The van der Waals surface area contributed by atoms with E-state index < -0.39 is 12.6 Å². The van der Waals surface area contributed by atoms with Crippen molar-refractivity contribution in [1.82, 2.24) is 9.88 Å². The van der Waals surface area contributed by atoms with Gasteiger partial charge in [-0.1, -0.05) is 0 Å². The summed E-state index contributed by atoms with van der Waals surface area (Å²) in [6, 6.07) is 8.71. The van der Waals surface area contributed by atoms with Crippen molar-refractivity contribution in [3.05, 3.63) is 48.3 Å². The maximum absolute atomic E-state index is 12.7. The van der Waals surface area contributed by atoms with Crippen LogP contribution in [0.2, 0.25) is 0 Å². The van der Waals surface area contributed by atoms with E-state index in [2.05, 4.69) is 14.8 Å². The Morgan fingerprint density at radius 3 is 2.46 bits per heavy atom. The molecule has 0 aliphatic carbocycles. The predicted octanol–water partition coefficient (Wildman–Crippen LogP) is 1.56. The minimum atomic E-state index is -1.06. The van der Waals surface area contributed by atoms with Crippen LogP contribution in [0.5, 0.6) is 11.5 Å². The Kier molecular flexibility index (Phi) is 6.44. The van der Waals surface area contributed by atoms with Crippen LogP contribution >= 0.6 is 0 Å². The van der Waals surface area contributed by atoms with Gasteiger partial charge in [-0.05, 0) is 24.3 Å². The molecule has 0 spiro atoms. The number of aromatic nitrogens is 1. The van der Waals surface area contributed by atoms with E-state index in [9.17, 15) is 9.59 Å². The van der Waals surface area contributed by atoms with Gasteiger partial charge in [0.2, 0.25) is 0 Å². The first kappa shape index (κ1) is 19.6. The quantitative estimate of drug-likeness (QED) is 0.685.